The van der Waals surface area contributed by atoms with E-state index in [1.165, 1.54) is 6.26 Å². The molecule has 1 aromatic heterocycles. The Labute approximate surface area is 184 Å². The van der Waals surface area contributed by atoms with Gasteiger partial charge in [-0.3, -0.25) is 4.79 Å². The van der Waals surface area contributed by atoms with Crippen molar-refractivity contribution in [1.82, 2.24) is 14.7 Å². The van der Waals surface area contributed by atoms with Crippen LogP contribution in [-0.2, 0) is 14.8 Å². The predicted molar refractivity (Wildman–Crippen MR) is 123 cm³/mol. The van der Waals surface area contributed by atoms with Gasteiger partial charge < -0.3 is 14.9 Å². The van der Waals surface area contributed by atoms with E-state index in [1.54, 1.807) is 6.20 Å². The lowest BCUT2D eigenvalue weighted by molar-refractivity contribution is -0.122. The number of nitrogens with zero attached hydrogens (tertiary/aromatic N) is 4. The van der Waals surface area contributed by atoms with Crippen LogP contribution in [0.2, 0.25) is 0 Å². The van der Waals surface area contributed by atoms with Crippen LogP contribution in [0.3, 0.4) is 0 Å². The van der Waals surface area contributed by atoms with E-state index < -0.39 is 10.0 Å². The van der Waals surface area contributed by atoms with Crippen molar-refractivity contribution >= 4 is 28.1 Å². The fraction of sp³-hybridized carbons (Fsp3) is 0.476. The summed E-state index contributed by atoms with van der Waals surface area (Å²) in [4.78, 5) is 21.8. The summed E-state index contributed by atoms with van der Waals surface area (Å²) in [6.45, 7) is 3.31. The molecule has 3 rings (SSSR count). The summed E-state index contributed by atoms with van der Waals surface area (Å²) in [6.07, 6.45) is 4.66. The topological polar surface area (TPSA) is 116 Å². The molecule has 170 valence electrons. The Balaban J connectivity index is 0.00000107. The van der Waals surface area contributed by atoms with Crippen molar-refractivity contribution in [1.29, 1.82) is 0 Å². The van der Waals surface area contributed by atoms with Crippen molar-refractivity contribution in [2.24, 2.45) is 5.92 Å². The van der Waals surface area contributed by atoms with Gasteiger partial charge in [0.1, 0.15) is 0 Å². The lowest BCUT2D eigenvalue weighted by Crippen LogP contribution is -2.51. The molecule has 0 saturated carbocycles. The van der Waals surface area contributed by atoms with Crippen LogP contribution in [0.5, 0.6) is 0 Å². The first-order chi connectivity index (χ1) is 14.7. The monoisotopic (exact) mass is 449 g/mol. The standard InChI is InChI=1S/C20H29N5O2S.CH2O2/c1-5-15-14-25(13-11-19(15)23-28(4,26)27)20-21-12-10-18(22-20)16-6-8-17(9-7-16)24(2)3;2-1-3/h6-10,12,15,19,23H,5,11,13-14H2,1-4H3;1H,(H,2,3)/t15-,19+;/m1./s1. The number of hydrogen-bond donors (Lipinski definition) is 2. The molecule has 10 heteroatoms. The Bertz CT molecular complexity index is 950. The van der Waals surface area contributed by atoms with Crippen molar-refractivity contribution in [3.05, 3.63) is 36.5 Å². The van der Waals surface area contributed by atoms with Crippen LogP contribution in [0.1, 0.15) is 19.8 Å². The molecule has 2 atom stereocenters. The van der Waals surface area contributed by atoms with Gasteiger partial charge in [-0.1, -0.05) is 25.5 Å². The van der Waals surface area contributed by atoms with E-state index >= 15 is 0 Å². The number of piperidine rings is 1. The quantitative estimate of drug-likeness (QED) is 0.644. The largest absolute Gasteiger partial charge is 0.483 e. The highest BCUT2D eigenvalue weighted by Gasteiger charge is 2.31. The van der Waals surface area contributed by atoms with Crippen LogP contribution in [-0.4, -0.2) is 69.4 Å². The number of rotatable bonds is 6. The smallest absolute Gasteiger partial charge is 0.290 e. The number of anilines is 2. The van der Waals surface area contributed by atoms with Crippen molar-refractivity contribution in [3.8, 4) is 11.3 Å². The summed E-state index contributed by atoms with van der Waals surface area (Å²) in [6, 6.07) is 10.2. The third-order valence-corrected chi connectivity index (χ3v) is 5.96. The third kappa shape index (κ3) is 7.18. The molecule has 9 nitrogen and oxygen atoms in total. The molecule has 0 amide bonds. The van der Waals surface area contributed by atoms with Gasteiger partial charge in [-0.05, 0) is 30.5 Å². The van der Waals surface area contributed by atoms with Gasteiger partial charge >= 0.3 is 0 Å². The summed E-state index contributed by atoms with van der Waals surface area (Å²) in [5, 5.41) is 6.89. The summed E-state index contributed by atoms with van der Waals surface area (Å²) >= 11 is 0. The molecule has 1 aromatic carbocycles. The van der Waals surface area contributed by atoms with Gasteiger partial charge in [-0.2, -0.15) is 0 Å². The Morgan fingerprint density at radius 3 is 2.45 bits per heavy atom. The minimum atomic E-state index is -3.20. The molecule has 1 saturated heterocycles. The van der Waals surface area contributed by atoms with Crippen molar-refractivity contribution < 1.29 is 18.3 Å². The maximum atomic E-state index is 11.6. The van der Waals surface area contributed by atoms with Crippen LogP contribution in [0.15, 0.2) is 36.5 Å². The molecule has 2 heterocycles. The van der Waals surface area contributed by atoms with E-state index in [2.05, 4.69) is 50.7 Å². The summed E-state index contributed by atoms with van der Waals surface area (Å²) in [5.41, 5.74) is 3.08. The van der Waals surface area contributed by atoms with Crippen LogP contribution < -0.4 is 14.5 Å². The summed E-state index contributed by atoms with van der Waals surface area (Å²) in [7, 11) is 0.832. The number of carbonyl (C=O) groups is 1. The van der Waals surface area contributed by atoms with Crippen LogP contribution in [0.25, 0.3) is 11.3 Å². The van der Waals surface area contributed by atoms with E-state index in [-0.39, 0.29) is 18.4 Å². The van der Waals surface area contributed by atoms with Gasteiger partial charge in [0.2, 0.25) is 16.0 Å². The minimum Gasteiger partial charge on any atom is -0.483 e. The molecule has 0 unspecified atom stereocenters. The Morgan fingerprint density at radius 1 is 1.26 bits per heavy atom. The van der Waals surface area contributed by atoms with Crippen LogP contribution >= 0.6 is 0 Å². The molecule has 31 heavy (non-hydrogen) atoms. The van der Waals surface area contributed by atoms with Gasteiger partial charge in [-0.15, -0.1) is 0 Å². The fourth-order valence-electron chi connectivity index (χ4n) is 3.65. The second-order valence-electron chi connectivity index (χ2n) is 7.69. The molecule has 2 aromatic rings. The van der Waals surface area contributed by atoms with E-state index in [0.717, 1.165) is 42.9 Å². The molecule has 2 N–H and O–H groups in total. The zero-order chi connectivity index (χ0) is 23.0. The zero-order valence-electron chi connectivity index (χ0n) is 18.4. The third-order valence-electron chi connectivity index (χ3n) is 5.23. The van der Waals surface area contributed by atoms with Gasteiger partial charge in [0.05, 0.1) is 11.9 Å². The number of hydrogen-bond acceptors (Lipinski definition) is 7. The molecule has 0 spiro atoms. The highest BCUT2D eigenvalue weighted by atomic mass is 32.2. The Kier molecular flexibility index (Phi) is 8.76. The second-order valence-corrected chi connectivity index (χ2v) is 9.47. The van der Waals surface area contributed by atoms with E-state index in [0.29, 0.717) is 5.95 Å². The number of aromatic nitrogens is 2. The van der Waals surface area contributed by atoms with Gasteiger partial charge in [0.25, 0.3) is 6.47 Å². The molecule has 0 aliphatic carbocycles. The number of sulfonamides is 1. The van der Waals surface area contributed by atoms with E-state index in [9.17, 15) is 8.42 Å². The van der Waals surface area contributed by atoms with Crippen LogP contribution in [0.4, 0.5) is 11.6 Å². The maximum Gasteiger partial charge on any atom is 0.290 e. The first-order valence-corrected chi connectivity index (χ1v) is 12.0. The highest BCUT2D eigenvalue weighted by molar-refractivity contribution is 7.88. The first kappa shape index (κ1) is 24.5. The molecule has 1 aliphatic heterocycles. The second kappa shape index (κ2) is 11.1. The molecule has 0 radical (unpaired) electrons. The zero-order valence-corrected chi connectivity index (χ0v) is 19.2. The average Bonchev–Trinajstić information content (AvgIpc) is 2.73. The molecule has 0 bridgehead atoms. The summed E-state index contributed by atoms with van der Waals surface area (Å²) in [5.74, 6) is 0.931. The minimum absolute atomic E-state index is 0.0296. The highest BCUT2D eigenvalue weighted by Crippen LogP contribution is 2.26. The number of nitrogens with one attached hydrogen (secondary N) is 1. The lowest BCUT2D eigenvalue weighted by Gasteiger charge is -2.38. The fourth-order valence-corrected chi connectivity index (χ4v) is 4.51. The average molecular weight is 450 g/mol. The maximum absolute atomic E-state index is 11.6. The molecule has 1 aliphatic rings. The Morgan fingerprint density at radius 2 is 1.90 bits per heavy atom. The lowest BCUT2D eigenvalue weighted by atomic mass is 9.91. The van der Waals surface area contributed by atoms with E-state index in [1.807, 2.05) is 20.2 Å². The summed E-state index contributed by atoms with van der Waals surface area (Å²) < 4.78 is 26.0. The van der Waals surface area contributed by atoms with Crippen LogP contribution in [0, 0.1) is 5.92 Å². The van der Waals surface area contributed by atoms with Crippen molar-refractivity contribution in [3.63, 3.8) is 0 Å². The number of benzene rings is 1. The van der Waals surface area contributed by atoms with E-state index in [4.69, 9.17) is 14.9 Å². The normalized spacial score (nSPS) is 18.6. The van der Waals surface area contributed by atoms with Gasteiger partial charge in [0, 0.05) is 50.7 Å². The molecular weight excluding hydrogens is 418 g/mol. The first-order valence-electron chi connectivity index (χ1n) is 10.1. The van der Waals surface area contributed by atoms with Crippen molar-refractivity contribution in [2.45, 2.75) is 25.8 Å². The SMILES string of the molecule is CC[C@@H]1CN(c2nccc(-c3ccc(N(C)C)cc3)n2)CC[C@@H]1NS(C)(=O)=O.O=CO. The molecule has 1 fully saturated rings. The van der Waals surface area contributed by atoms with Gasteiger partial charge in [0.15, 0.2) is 0 Å². The predicted octanol–water partition coefficient (Wildman–Crippen LogP) is 2.06. The van der Waals surface area contributed by atoms with Gasteiger partial charge in [-0.25, -0.2) is 23.1 Å². The number of carboxylic acid groups (broad SMARTS) is 1. The Hall–Kier alpha value is -2.72. The molecular formula is C21H31N5O4S. The van der Waals surface area contributed by atoms with Crippen molar-refractivity contribution in [2.75, 3.05) is 43.2 Å².